The Morgan fingerprint density at radius 3 is 2.73 bits per heavy atom. The Labute approximate surface area is 230 Å². The van der Waals surface area contributed by atoms with Gasteiger partial charge in [0.05, 0.1) is 11.7 Å². The van der Waals surface area contributed by atoms with Gasteiger partial charge in [0.15, 0.2) is 10.2 Å². The molecule has 4 aromatic rings. The highest BCUT2D eigenvalue weighted by Gasteiger charge is 2.41. The van der Waals surface area contributed by atoms with Crippen LogP contribution in [0.15, 0.2) is 99.5 Å². The number of carbonyl (C=O) groups is 1. The van der Waals surface area contributed by atoms with Gasteiger partial charge >= 0.3 is 0 Å². The lowest BCUT2D eigenvalue weighted by Gasteiger charge is -2.25. The van der Waals surface area contributed by atoms with Crippen LogP contribution in [-0.2, 0) is 4.79 Å². The maximum atomic E-state index is 12.8. The Bertz CT molecular complexity index is 1390. The number of amides is 1. The molecular weight excluding hydrogens is 524 g/mol. The van der Waals surface area contributed by atoms with Crippen molar-refractivity contribution in [2.24, 2.45) is 0 Å². The summed E-state index contributed by atoms with van der Waals surface area (Å²) in [6.45, 7) is 2.42. The molecule has 5 rings (SSSR count). The number of hydrogen-bond acceptors (Lipinski definition) is 5. The lowest BCUT2D eigenvalue weighted by Crippen LogP contribution is -2.32. The van der Waals surface area contributed by atoms with E-state index in [4.69, 9.17) is 28.2 Å². The molecule has 0 spiro atoms. The average molecular weight is 549 g/mol. The molecule has 2 aromatic heterocycles. The summed E-state index contributed by atoms with van der Waals surface area (Å²) in [5.41, 5.74) is 2.72. The number of furan rings is 1. The van der Waals surface area contributed by atoms with E-state index in [1.807, 2.05) is 90.7 Å². The van der Waals surface area contributed by atoms with Crippen LogP contribution in [0.25, 0.3) is 0 Å². The molecule has 0 bridgehead atoms. The molecule has 37 heavy (non-hydrogen) atoms. The summed E-state index contributed by atoms with van der Waals surface area (Å²) in [5.74, 6) is 0.672. The third-order valence-corrected chi connectivity index (χ3v) is 7.54. The van der Waals surface area contributed by atoms with Crippen molar-refractivity contribution in [1.82, 2.24) is 15.2 Å². The second-order valence-corrected chi connectivity index (χ2v) is 10.6. The van der Waals surface area contributed by atoms with E-state index < -0.39 is 0 Å². The number of rotatable bonds is 8. The van der Waals surface area contributed by atoms with Gasteiger partial charge in [-0.15, -0.1) is 0 Å². The highest BCUT2D eigenvalue weighted by atomic mass is 35.5. The van der Waals surface area contributed by atoms with Gasteiger partial charge < -0.3 is 20.0 Å². The van der Waals surface area contributed by atoms with Crippen LogP contribution in [0.2, 0.25) is 5.02 Å². The molecule has 1 aliphatic heterocycles. The van der Waals surface area contributed by atoms with E-state index in [1.165, 1.54) is 11.8 Å². The van der Waals surface area contributed by atoms with Gasteiger partial charge in [0.2, 0.25) is 5.91 Å². The number of aryl methyl sites for hydroxylation is 1. The molecule has 1 fully saturated rings. The van der Waals surface area contributed by atoms with Crippen molar-refractivity contribution in [2.45, 2.75) is 35.4 Å². The Hall–Kier alpha value is -3.33. The number of nitrogens with one attached hydrogen (secondary N) is 2. The first-order valence-corrected chi connectivity index (χ1v) is 13.4. The summed E-state index contributed by atoms with van der Waals surface area (Å²) in [6.07, 6.45) is 2.04. The largest absolute Gasteiger partial charge is 0.452 e. The van der Waals surface area contributed by atoms with Crippen molar-refractivity contribution in [1.29, 1.82) is 0 Å². The van der Waals surface area contributed by atoms with E-state index in [-0.39, 0.29) is 24.4 Å². The summed E-state index contributed by atoms with van der Waals surface area (Å²) in [4.78, 5) is 20.4. The zero-order valence-corrected chi connectivity index (χ0v) is 22.4. The van der Waals surface area contributed by atoms with Crippen LogP contribution in [0.3, 0.4) is 0 Å². The minimum absolute atomic E-state index is 0.0770. The molecule has 3 heterocycles. The fourth-order valence-electron chi connectivity index (χ4n) is 4.29. The van der Waals surface area contributed by atoms with Gasteiger partial charge in [-0.2, -0.15) is 0 Å². The topological polar surface area (TPSA) is 70.4 Å². The SMILES string of the molecule is Cc1cccc(NC(=O)CCN2C(=S)N[C@H](c3ccccn3)[C@@H]2c2ccc(Sc3ccc(Cl)cc3)o2)c1. The van der Waals surface area contributed by atoms with Gasteiger partial charge in [-0.1, -0.05) is 41.6 Å². The first kappa shape index (κ1) is 25.3. The molecule has 1 saturated heterocycles. The van der Waals surface area contributed by atoms with Crippen LogP contribution in [0, 0.1) is 6.92 Å². The summed E-state index contributed by atoms with van der Waals surface area (Å²) in [5, 5.41) is 8.38. The molecule has 1 amide bonds. The van der Waals surface area contributed by atoms with Crippen molar-refractivity contribution >= 4 is 52.3 Å². The quantitative estimate of drug-likeness (QED) is 0.235. The normalized spacial score (nSPS) is 17.0. The fourth-order valence-corrected chi connectivity index (χ4v) is 5.53. The number of aromatic nitrogens is 1. The minimum atomic E-state index is -0.256. The lowest BCUT2D eigenvalue weighted by atomic mass is 10.0. The average Bonchev–Trinajstić information content (AvgIpc) is 3.48. The zero-order valence-electron chi connectivity index (χ0n) is 20.1. The van der Waals surface area contributed by atoms with Crippen molar-refractivity contribution in [2.75, 3.05) is 11.9 Å². The Balaban J connectivity index is 1.35. The summed E-state index contributed by atoms with van der Waals surface area (Å²) in [7, 11) is 0. The van der Waals surface area contributed by atoms with E-state index in [9.17, 15) is 4.79 Å². The van der Waals surface area contributed by atoms with E-state index in [2.05, 4.69) is 15.6 Å². The number of anilines is 1. The molecule has 0 saturated carbocycles. The summed E-state index contributed by atoms with van der Waals surface area (Å²) in [6, 6.07) is 24.6. The third-order valence-electron chi connectivity index (χ3n) is 6.01. The number of halogens is 1. The smallest absolute Gasteiger partial charge is 0.226 e. The fraction of sp³-hybridized carbons (Fsp3) is 0.179. The molecule has 2 aromatic carbocycles. The van der Waals surface area contributed by atoms with Gasteiger partial charge in [0, 0.05) is 34.8 Å². The number of carbonyl (C=O) groups excluding carboxylic acids is 1. The first-order valence-electron chi connectivity index (χ1n) is 11.8. The number of pyridine rings is 1. The van der Waals surface area contributed by atoms with Gasteiger partial charge in [0.1, 0.15) is 11.8 Å². The van der Waals surface area contributed by atoms with E-state index in [0.29, 0.717) is 16.7 Å². The molecule has 9 heteroatoms. The molecule has 0 radical (unpaired) electrons. The second-order valence-electron chi connectivity index (χ2n) is 8.70. The maximum Gasteiger partial charge on any atom is 0.226 e. The van der Waals surface area contributed by atoms with Gasteiger partial charge in [-0.3, -0.25) is 9.78 Å². The Morgan fingerprint density at radius 1 is 1.14 bits per heavy atom. The molecule has 2 atom stereocenters. The van der Waals surface area contributed by atoms with E-state index in [0.717, 1.165) is 32.7 Å². The Kier molecular flexibility index (Phi) is 7.79. The molecule has 0 unspecified atom stereocenters. The van der Waals surface area contributed by atoms with Crippen molar-refractivity contribution in [3.05, 3.63) is 107 Å². The van der Waals surface area contributed by atoms with Crippen molar-refractivity contribution in [3.8, 4) is 0 Å². The Morgan fingerprint density at radius 2 is 1.97 bits per heavy atom. The monoisotopic (exact) mass is 548 g/mol. The first-order chi connectivity index (χ1) is 18.0. The van der Waals surface area contributed by atoms with Crippen LogP contribution < -0.4 is 10.6 Å². The number of benzene rings is 2. The molecular formula is C28H25ClN4O2S2. The molecule has 6 nitrogen and oxygen atoms in total. The summed E-state index contributed by atoms with van der Waals surface area (Å²) < 4.78 is 6.31. The van der Waals surface area contributed by atoms with Crippen LogP contribution in [-0.4, -0.2) is 27.4 Å². The third kappa shape index (κ3) is 6.15. The van der Waals surface area contributed by atoms with E-state index >= 15 is 0 Å². The van der Waals surface area contributed by atoms with Crippen LogP contribution in [0.5, 0.6) is 0 Å². The van der Waals surface area contributed by atoms with Gasteiger partial charge in [0.25, 0.3) is 0 Å². The number of hydrogen-bond donors (Lipinski definition) is 2. The predicted molar refractivity (Wildman–Crippen MR) is 151 cm³/mol. The van der Waals surface area contributed by atoms with Crippen LogP contribution in [0.4, 0.5) is 5.69 Å². The highest BCUT2D eigenvalue weighted by Crippen LogP contribution is 2.41. The molecule has 0 aliphatic carbocycles. The molecule has 1 aliphatic rings. The number of thiocarbonyl (C=S) groups is 1. The maximum absolute atomic E-state index is 12.8. The zero-order chi connectivity index (χ0) is 25.8. The minimum Gasteiger partial charge on any atom is -0.452 e. The standard InChI is InChI=1S/C28H25ClN4O2S2/c1-18-5-4-6-20(17-18)31-24(34)14-16-33-27(26(32-28(33)36)22-7-2-3-15-30-22)23-12-13-25(35-23)37-21-10-8-19(29)9-11-21/h2-13,15,17,26-27H,14,16H2,1H3,(H,31,34)(H,32,36)/t26-,27+/m1/s1. The van der Waals surface area contributed by atoms with Crippen molar-refractivity contribution < 1.29 is 9.21 Å². The van der Waals surface area contributed by atoms with E-state index in [1.54, 1.807) is 6.20 Å². The lowest BCUT2D eigenvalue weighted by molar-refractivity contribution is -0.116. The van der Waals surface area contributed by atoms with Crippen LogP contribution >= 0.6 is 35.6 Å². The molecule has 2 N–H and O–H groups in total. The van der Waals surface area contributed by atoms with Crippen molar-refractivity contribution in [3.63, 3.8) is 0 Å². The predicted octanol–water partition coefficient (Wildman–Crippen LogP) is 6.79. The van der Waals surface area contributed by atoms with Gasteiger partial charge in [-0.05, 0) is 85.4 Å². The summed E-state index contributed by atoms with van der Waals surface area (Å²) >= 11 is 13.3. The van der Waals surface area contributed by atoms with Gasteiger partial charge in [-0.25, -0.2) is 0 Å². The van der Waals surface area contributed by atoms with Crippen LogP contribution in [0.1, 0.15) is 35.5 Å². The molecule has 188 valence electrons. The number of nitrogens with zero attached hydrogens (tertiary/aromatic N) is 2. The highest BCUT2D eigenvalue weighted by molar-refractivity contribution is 7.99. The second kappa shape index (κ2) is 11.4.